The highest BCUT2D eigenvalue weighted by Gasteiger charge is 2.27. The number of rotatable bonds is 5. The van der Waals surface area contributed by atoms with Crippen LogP contribution in [0.25, 0.3) is 0 Å². The molecule has 0 atom stereocenters. The molecule has 0 radical (unpaired) electrons. The summed E-state index contributed by atoms with van der Waals surface area (Å²) in [6.45, 7) is 5.89. The number of piperazine rings is 1. The fourth-order valence-corrected chi connectivity index (χ4v) is 3.27. The molecule has 0 aromatic rings. The SMILES string of the molecule is CSCCC(=O)N1CC[NH+](CC(=O)N2CCCC2)CC1. The zero-order chi connectivity index (χ0) is 14.4. The lowest BCUT2D eigenvalue weighted by atomic mass is 10.3. The molecule has 2 saturated heterocycles. The number of hydrogen-bond acceptors (Lipinski definition) is 3. The summed E-state index contributed by atoms with van der Waals surface area (Å²) in [6, 6.07) is 0. The molecule has 2 heterocycles. The van der Waals surface area contributed by atoms with Crippen molar-refractivity contribution in [1.29, 1.82) is 0 Å². The summed E-state index contributed by atoms with van der Waals surface area (Å²) in [5, 5.41) is 0. The van der Waals surface area contributed by atoms with Gasteiger partial charge in [0.05, 0.1) is 26.2 Å². The van der Waals surface area contributed by atoms with Crippen molar-refractivity contribution in [3.63, 3.8) is 0 Å². The number of carbonyl (C=O) groups excluding carboxylic acids is 2. The van der Waals surface area contributed by atoms with Crippen LogP contribution in [0, 0.1) is 0 Å². The minimum atomic E-state index is 0.268. The quantitative estimate of drug-likeness (QED) is 0.715. The van der Waals surface area contributed by atoms with Gasteiger partial charge in [0.2, 0.25) is 5.91 Å². The monoisotopic (exact) mass is 300 g/mol. The van der Waals surface area contributed by atoms with Crippen molar-refractivity contribution in [2.45, 2.75) is 19.3 Å². The van der Waals surface area contributed by atoms with E-state index in [1.165, 1.54) is 4.90 Å². The second-order valence-corrected chi connectivity index (χ2v) is 6.62. The molecule has 20 heavy (non-hydrogen) atoms. The maximum absolute atomic E-state index is 12.1. The fraction of sp³-hybridized carbons (Fsp3) is 0.857. The molecule has 0 bridgehead atoms. The molecule has 0 aliphatic carbocycles. The van der Waals surface area contributed by atoms with Gasteiger partial charge >= 0.3 is 0 Å². The molecule has 2 rings (SSSR count). The summed E-state index contributed by atoms with van der Waals surface area (Å²) in [5.74, 6) is 1.46. The van der Waals surface area contributed by atoms with Crippen LogP contribution in [0.5, 0.6) is 0 Å². The molecule has 6 heteroatoms. The maximum Gasteiger partial charge on any atom is 0.277 e. The van der Waals surface area contributed by atoms with Crippen molar-refractivity contribution >= 4 is 23.6 Å². The van der Waals surface area contributed by atoms with E-state index in [0.717, 1.165) is 57.9 Å². The smallest absolute Gasteiger partial charge is 0.277 e. The van der Waals surface area contributed by atoms with Crippen LogP contribution in [0.1, 0.15) is 19.3 Å². The van der Waals surface area contributed by atoms with Gasteiger partial charge in [-0.05, 0) is 19.1 Å². The van der Waals surface area contributed by atoms with Gasteiger partial charge in [0.1, 0.15) is 0 Å². The summed E-state index contributed by atoms with van der Waals surface area (Å²) >= 11 is 1.71. The van der Waals surface area contributed by atoms with Crippen molar-refractivity contribution in [3.8, 4) is 0 Å². The Morgan fingerprint density at radius 3 is 2.20 bits per heavy atom. The minimum Gasteiger partial charge on any atom is -0.338 e. The van der Waals surface area contributed by atoms with Gasteiger partial charge in [-0.15, -0.1) is 0 Å². The molecule has 2 fully saturated rings. The molecule has 1 N–H and O–H groups in total. The zero-order valence-corrected chi connectivity index (χ0v) is 13.2. The Hall–Kier alpha value is -0.750. The second-order valence-electron chi connectivity index (χ2n) is 5.64. The average Bonchev–Trinajstić information content (AvgIpc) is 3.00. The van der Waals surface area contributed by atoms with E-state index in [1.54, 1.807) is 11.8 Å². The second kappa shape index (κ2) is 7.88. The summed E-state index contributed by atoms with van der Waals surface area (Å²) in [7, 11) is 0. The number of thioether (sulfide) groups is 1. The van der Waals surface area contributed by atoms with E-state index in [0.29, 0.717) is 18.9 Å². The van der Waals surface area contributed by atoms with Gasteiger partial charge in [-0.1, -0.05) is 0 Å². The summed E-state index contributed by atoms with van der Waals surface area (Å²) < 4.78 is 0. The van der Waals surface area contributed by atoms with E-state index in [1.807, 2.05) is 16.1 Å². The predicted octanol–water partition coefficient (Wildman–Crippen LogP) is -0.911. The predicted molar refractivity (Wildman–Crippen MR) is 81.0 cm³/mol. The van der Waals surface area contributed by atoms with Crippen molar-refractivity contribution in [3.05, 3.63) is 0 Å². The van der Waals surface area contributed by atoms with E-state index in [9.17, 15) is 9.59 Å². The first-order chi connectivity index (χ1) is 9.70. The van der Waals surface area contributed by atoms with Crippen molar-refractivity contribution in [2.24, 2.45) is 0 Å². The highest BCUT2D eigenvalue weighted by Crippen LogP contribution is 2.06. The van der Waals surface area contributed by atoms with Crippen LogP contribution < -0.4 is 4.90 Å². The van der Waals surface area contributed by atoms with Crippen LogP contribution in [-0.2, 0) is 9.59 Å². The number of likely N-dealkylation sites (tertiary alicyclic amines) is 1. The van der Waals surface area contributed by atoms with Crippen LogP contribution in [0.15, 0.2) is 0 Å². The lowest BCUT2D eigenvalue weighted by molar-refractivity contribution is -0.896. The van der Waals surface area contributed by atoms with Gasteiger partial charge < -0.3 is 14.7 Å². The Morgan fingerprint density at radius 2 is 1.60 bits per heavy atom. The molecule has 0 aromatic heterocycles. The minimum absolute atomic E-state index is 0.268. The van der Waals surface area contributed by atoms with Gasteiger partial charge in [0.15, 0.2) is 6.54 Å². The van der Waals surface area contributed by atoms with Crippen LogP contribution in [0.3, 0.4) is 0 Å². The molecular weight excluding hydrogens is 274 g/mol. The normalized spacial score (nSPS) is 20.4. The number of carbonyl (C=O) groups is 2. The van der Waals surface area contributed by atoms with Crippen LogP contribution in [0.4, 0.5) is 0 Å². The Morgan fingerprint density at radius 1 is 1.00 bits per heavy atom. The number of nitrogens with one attached hydrogen (secondary N) is 1. The van der Waals surface area contributed by atoms with Gasteiger partial charge in [0, 0.05) is 25.3 Å². The van der Waals surface area contributed by atoms with E-state index in [4.69, 9.17) is 0 Å². The lowest BCUT2D eigenvalue weighted by Gasteiger charge is -2.32. The molecule has 0 saturated carbocycles. The standard InChI is InChI=1S/C14H25N3O2S/c1-20-11-4-13(18)17-9-7-15(8-10-17)12-14(19)16-5-2-3-6-16/h2-12H2,1H3/p+1. The van der Waals surface area contributed by atoms with Crippen LogP contribution >= 0.6 is 11.8 Å². The van der Waals surface area contributed by atoms with E-state index >= 15 is 0 Å². The van der Waals surface area contributed by atoms with E-state index in [-0.39, 0.29) is 5.91 Å². The first-order valence-electron chi connectivity index (χ1n) is 7.59. The highest BCUT2D eigenvalue weighted by molar-refractivity contribution is 7.98. The van der Waals surface area contributed by atoms with Gasteiger partial charge in [-0.25, -0.2) is 0 Å². The third-order valence-electron chi connectivity index (χ3n) is 4.20. The molecule has 5 nitrogen and oxygen atoms in total. The van der Waals surface area contributed by atoms with Crippen molar-refractivity contribution in [1.82, 2.24) is 9.80 Å². The largest absolute Gasteiger partial charge is 0.338 e. The van der Waals surface area contributed by atoms with Crippen LogP contribution in [0.2, 0.25) is 0 Å². The highest BCUT2D eigenvalue weighted by atomic mass is 32.2. The summed E-state index contributed by atoms with van der Waals surface area (Å²) in [6.07, 6.45) is 4.97. The molecule has 2 amide bonds. The van der Waals surface area contributed by atoms with Gasteiger partial charge in [-0.2, -0.15) is 11.8 Å². The Kier molecular flexibility index (Phi) is 6.16. The molecule has 0 unspecified atom stereocenters. The van der Waals surface area contributed by atoms with E-state index < -0.39 is 0 Å². The molecular formula is C14H26N3O2S+. The maximum atomic E-state index is 12.1. The first kappa shape index (κ1) is 15.6. The zero-order valence-electron chi connectivity index (χ0n) is 12.4. The molecule has 2 aliphatic heterocycles. The number of amides is 2. The number of hydrogen-bond donors (Lipinski definition) is 1. The lowest BCUT2D eigenvalue weighted by Crippen LogP contribution is -3.15. The molecule has 0 spiro atoms. The Bertz CT molecular complexity index is 337. The van der Waals surface area contributed by atoms with E-state index in [2.05, 4.69) is 0 Å². The molecule has 114 valence electrons. The molecule has 2 aliphatic rings. The topological polar surface area (TPSA) is 45.1 Å². The van der Waals surface area contributed by atoms with Gasteiger partial charge in [0.25, 0.3) is 5.91 Å². The third-order valence-corrected chi connectivity index (χ3v) is 4.82. The van der Waals surface area contributed by atoms with Crippen molar-refractivity contribution in [2.75, 3.05) is 57.8 Å². The molecule has 0 aromatic carbocycles. The Balaban J connectivity index is 1.68. The number of nitrogens with zero attached hydrogens (tertiary/aromatic N) is 2. The van der Waals surface area contributed by atoms with Gasteiger partial charge in [-0.3, -0.25) is 9.59 Å². The first-order valence-corrected chi connectivity index (χ1v) is 8.98. The third kappa shape index (κ3) is 4.38. The van der Waals surface area contributed by atoms with Crippen LogP contribution in [-0.4, -0.2) is 79.4 Å². The Labute approximate surface area is 125 Å². The summed E-state index contributed by atoms with van der Waals surface area (Å²) in [4.78, 5) is 29.3. The van der Waals surface area contributed by atoms with Crippen molar-refractivity contribution < 1.29 is 14.5 Å². The average molecular weight is 300 g/mol. The summed E-state index contributed by atoms with van der Waals surface area (Å²) in [5.41, 5.74) is 0. The fourth-order valence-electron chi connectivity index (χ4n) is 2.89. The number of quaternary nitrogens is 1.